The fourth-order valence-electron chi connectivity index (χ4n) is 6.22. The van der Waals surface area contributed by atoms with Gasteiger partial charge in [-0.3, -0.25) is 34.5 Å². The Balaban J connectivity index is 0.000000312. The summed E-state index contributed by atoms with van der Waals surface area (Å²) in [5.74, 6) is 1.62. The number of thiophene rings is 2. The molecule has 3 amide bonds. The number of esters is 1. The number of hydrogen-bond donors (Lipinski definition) is 7. The van der Waals surface area contributed by atoms with Crippen LogP contribution in [-0.2, 0) is 43.4 Å². The fourth-order valence-corrected chi connectivity index (χ4v) is 7.61. The molecular weight excluding hydrogens is 1370 g/mol. The van der Waals surface area contributed by atoms with Gasteiger partial charge in [-0.2, -0.15) is 20.2 Å². The van der Waals surface area contributed by atoms with Gasteiger partial charge in [0.25, 0.3) is 11.1 Å². The number of nitriles is 1. The summed E-state index contributed by atoms with van der Waals surface area (Å²) in [5.41, 5.74) is 13.2. The number of carbonyl (C=O) groups excluding carboxylic acids is 6. The van der Waals surface area contributed by atoms with E-state index >= 15 is 0 Å². The molecule has 534 valence electrons. The van der Waals surface area contributed by atoms with E-state index < -0.39 is 42.1 Å². The van der Waals surface area contributed by atoms with Crippen LogP contribution in [0.5, 0.6) is 0 Å². The summed E-state index contributed by atoms with van der Waals surface area (Å²) in [6.45, 7) is 16.0. The summed E-state index contributed by atoms with van der Waals surface area (Å²) in [4.78, 5) is 100.0. The molecular formula is C65H75ClN18O15S2. The summed E-state index contributed by atoms with van der Waals surface area (Å²) < 4.78 is 34.1. The van der Waals surface area contributed by atoms with E-state index in [1.807, 2.05) is 42.0 Å². The van der Waals surface area contributed by atoms with Crippen LogP contribution in [0.1, 0.15) is 117 Å². The molecule has 1 unspecified atom stereocenters. The van der Waals surface area contributed by atoms with Crippen molar-refractivity contribution in [3.63, 3.8) is 0 Å². The molecule has 1 atom stereocenters. The van der Waals surface area contributed by atoms with Crippen molar-refractivity contribution >= 4 is 75.6 Å². The maximum atomic E-state index is 11.8. The molecule has 36 heteroatoms. The highest BCUT2D eigenvalue weighted by molar-refractivity contribution is 7.14. The average Bonchev–Trinajstić information content (AvgIpc) is 1.76. The van der Waals surface area contributed by atoms with Gasteiger partial charge < -0.3 is 70.2 Å². The van der Waals surface area contributed by atoms with Crippen molar-refractivity contribution in [2.75, 3.05) is 13.2 Å². The molecule has 9 N–H and O–H groups in total. The van der Waals surface area contributed by atoms with Gasteiger partial charge in [-0.1, -0.05) is 39.7 Å². The van der Waals surface area contributed by atoms with Crippen LogP contribution < -0.4 is 27.4 Å². The number of nitrogens with one attached hydrogen (secondary N) is 3. The monoisotopic (exact) mass is 1450 g/mol. The van der Waals surface area contributed by atoms with E-state index in [0.717, 1.165) is 16.7 Å². The molecule has 0 aliphatic carbocycles. The van der Waals surface area contributed by atoms with Gasteiger partial charge in [0.15, 0.2) is 5.84 Å². The number of oxime groups is 1. The summed E-state index contributed by atoms with van der Waals surface area (Å²) >= 11 is 7.85. The summed E-state index contributed by atoms with van der Waals surface area (Å²) in [7, 11) is 0. The zero-order chi connectivity index (χ0) is 74.4. The first-order valence-electron chi connectivity index (χ1n) is 29.9. The quantitative estimate of drug-likeness (QED) is 0.00733. The second-order valence-corrected chi connectivity index (χ2v) is 23.3. The van der Waals surface area contributed by atoms with E-state index in [-0.39, 0.29) is 49.3 Å². The molecule has 0 spiro atoms. The average molecular weight is 1450 g/mol. The Hall–Kier alpha value is -11.8. The fraction of sp³-hybridized carbons (Fsp3) is 0.277. The molecule has 0 saturated carbocycles. The third-order valence-electron chi connectivity index (χ3n) is 10.8. The molecule has 0 saturated heterocycles. The van der Waals surface area contributed by atoms with Crippen molar-refractivity contribution in [3.05, 3.63) is 196 Å². The van der Waals surface area contributed by atoms with Crippen molar-refractivity contribution in [3.8, 4) is 40.2 Å². The molecule has 101 heavy (non-hydrogen) atoms. The zero-order valence-electron chi connectivity index (χ0n) is 56.2. The van der Waals surface area contributed by atoms with Crippen molar-refractivity contribution in [1.82, 2.24) is 71.3 Å². The molecule has 0 radical (unpaired) electrons. The van der Waals surface area contributed by atoms with E-state index in [9.17, 15) is 28.8 Å². The molecule has 10 heterocycles. The first-order chi connectivity index (χ1) is 48.3. The maximum absolute atomic E-state index is 11.8. The molecule has 0 aliphatic rings. The number of amides is 3. The Morgan fingerprint density at radius 3 is 1.38 bits per heavy atom. The maximum Gasteiger partial charge on any atom is 0.516 e. The third kappa shape index (κ3) is 36.4. The molecule has 10 rings (SSSR count). The van der Waals surface area contributed by atoms with E-state index in [0.29, 0.717) is 62.4 Å². The Kier molecular flexibility index (Phi) is 38.3. The van der Waals surface area contributed by atoms with Crippen molar-refractivity contribution < 1.29 is 71.6 Å². The van der Waals surface area contributed by atoms with Crippen LogP contribution in [0.4, 0.5) is 14.4 Å². The SMILES string of the molecule is CC(C)(C)OC(=O)NCc1nc(-c2ccncc2)no1.CCC(C)OC(=O)OC(=O)CNC(=O)OC(C)(C)C.CCO.N#Cc1ccncc1.NC(=NO)c1ccncc1.NCc1nc(-c2ccncc2)no1.O=C(Cl)c1cccs1.O=C(NCc1nc(-c2ccncc2)no1)c1cccs1. The first kappa shape index (κ1) is 83.4. The van der Waals surface area contributed by atoms with E-state index in [1.165, 1.54) is 22.7 Å². The smallest absolute Gasteiger partial charge is 0.444 e. The van der Waals surface area contributed by atoms with Crippen LogP contribution in [0.3, 0.4) is 0 Å². The minimum absolute atomic E-state index is 0.0994. The van der Waals surface area contributed by atoms with Gasteiger partial charge >= 0.3 is 24.3 Å². The van der Waals surface area contributed by atoms with Gasteiger partial charge in [-0.15, -0.1) is 22.7 Å². The van der Waals surface area contributed by atoms with E-state index in [4.69, 9.17) is 66.4 Å². The number of ether oxygens (including phenoxy) is 4. The highest BCUT2D eigenvalue weighted by Crippen LogP contribution is 2.18. The van der Waals surface area contributed by atoms with E-state index in [2.05, 4.69) is 81.2 Å². The van der Waals surface area contributed by atoms with Crippen LogP contribution in [0, 0.1) is 11.3 Å². The van der Waals surface area contributed by atoms with Crippen molar-refractivity contribution in [2.24, 2.45) is 16.6 Å². The van der Waals surface area contributed by atoms with Gasteiger partial charge in [0.1, 0.15) is 30.4 Å². The number of halogens is 1. The van der Waals surface area contributed by atoms with Gasteiger partial charge in [0.2, 0.25) is 35.1 Å². The lowest BCUT2D eigenvalue weighted by Gasteiger charge is -2.19. The number of amidine groups is 1. The summed E-state index contributed by atoms with van der Waals surface area (Å²) in [6, 6.07) is 26.5. The Morgan fingerprint density at radius 2 is 1.02 bits per heavy atom. The summed E-state index contributed by atoms with van der Waals surface area (Å²) in [6.07, 6.45) is 14.2. The standard InChI is InChI=1S/C13H16N4O3.C13H10N4O2S.C12H21NO6.C8H8N4O.C6H7N3O.C6H4N2.C5H3ClOS.C2H6O/c1-13(2,3)19-12(18)15-8-10-16-11(17-20-10)9-4-6-14-7-5-9;18-13(10-2-1-7-20-10)15-8-11-16-12(17-19-11)9-3-5-14-6-4-9;1-6-8(2)17-11(16)18-9(14)7-13-10(15)19-12(3,4)5;9-5-7-11-8(12-13-7)6-1-3-10-4-2-6;7-6(9-10)5-1-3-8-4-2-5;7-5-6-1-3-8-4-2-6;6-5(7)4-2-1-3-8-4;1-2-3/h4-7H,8H2,1-3H3,(H,15,18);1-7H,8H2,(H,15,18);8H,6-7H2,1-5H3,(H,13,15);1-4H,5,9H2;1-4,10H,(H2,7,9);1-4H;1-3H;3H,2H2,1H3. The Labute approximate surface area is 592 Å². The third-order valence-corrected chi connectivity index (χ3v) is 12.8. The number of nitrogens with zero attached hydrogens (tertiary/aromatic N) is 13. The molecule has 10 aromatic heterocycles. The number of nitrogens with two attached hydrogens (primary N) is 2. The molecule has 0 aliphatic heterocycles. The van der Waals surface area contributed by atoms with Gasteiger partial charge in [0.05, 0.1) is 34.5 Å². The van der Waals surface area contributed by atoms with Crippen LogP contribution in [-0.4, -0.2) is 137 Å². The van der Waals surface area contributed by atoms with Crippen LogP contribution in [0.25, 0.3) is 34.2 Å². The van der Waals surface area contributed by atoms with Gasteiger partial charge in [-0.25, -0.2) is 19.2 Å². The number of pyridine rings is 5. The number of carbonyl (C=O) groups is 6. The normalized spacial score (nSPS) is 10.5. The predicted molar refractivity (Wildman–Crippen MR) is 369 cm³/mol. The molecule has 0 fully saturated rings. The lowest BCUT2D eigenvalue weighted by Crippen LogP contribution is -2.36. The highest BCUT2D eigenvalue weighted by atomic mass is 35.5. The number of alkyl carbamates (subject to hydrolysis) is 2. The summed E-state index contributed by atoms with van der Waals surface area (Å²) in [5, 5.41) is 49.1. The number of aromatic nitrogens is 11. The van der Waals surface area contributed by atoms with Crippen LogP contribution >= 0.6 is 34.3 Å². The number of rotatable bonds is 15. The second kappa shape index (κ2) is 46.4. The van der Waals surface area contributed by atoms with Gasteiger partial charge in [0, 0.05) is 90.8 Å². The number of aliphatic hydroxyl groups is 1. The number of aliphatic hydroxyl groups excluding tert-OH is 1. The molecule has 33 nitrogen and oxygen atoms in total. The Bertz CT molecular complexity index is 4050. The molecule has 10 aromatic rings. The lowest BCUT2D eigenvalue weighted by atomic mass is 10.2. The molecule has 0 aromatic carbocycles. The molecule has 0 bridgehead atoms. The largest absolute Gasteiger partial charge is 0.516 e. The van der Waals surface area contributed by atoms with Crippen LogP contribution in [0.15, 0.2) is 176 Å². The van der Waals surface area contributed by atoms with Crippen molar-refractivity contribution in [2.45, 2.75) is 106 Å². The topological polar surface area (TPSA) is 485 Å². The zero-order valence-corrected chi connectivity index (χ0v) is 58.6. The van der Waals surface area contributed by atoms with Crippen LogP contribution in [0.2, 0.25) is 0 Å². The lowest BCUT2D eigenvalue weighted by molar-refractivity contribution is -0.139. The second-order valence-electron chi connectivity index (χ2n) is 21.0. The van der Waals surface area contributed by atoms with Crippen molar-refractivity contribution in [1.29, 1.82) is 5.26 Å². The number of hydrogen-bond acceptors (Lipinski definition) is 31. The van der Waals surface area contributed by atoms with E-state index in [1.54, 1.807) is 184 Å². The minimum Gasteiger partial charge on any atom is -0.444 e. The predicted octanol–water partition coefficient (Wildman–Crippen LogP) is 10.1. The Morgan fingerprint density at radius 1 is 0.624 bits per heavy atom. The van der Waals surface area contributed by atoms with Gasteiger partial charge in [-0.05, 0) is 157 Å². The first-order valence-corrected chi connectivity index (χ1v) is 32.0. The minimum atomic E-state index is -1.08. The highest BCUT2D eigenvalue weighted by Gasteiger charge is 2.20.